The molecule has 1 aliphatic heterocycles. The fourth-order valence-electron chi connectivity index (χ4n) is 5.37. The van der Waals surface area contributed by atoms with Crippen LogP contribution in [0.25, 0.3) is 0 Å². The molecule has 0 saturated carbocycles. The third kappa shape index (κ3) is 14.2. The van der Waals surface area contributed by atoms with Gasteiger partial charge in [-0.05, 0) is 49.7 Å². The highest BCUT2D eigenvalue weighted by molar-refractivity contribution is 5.96. The summed E-state index contributed by atoms with van der Waals surface area (Å²) in [5, 5.41) is 26.8. The van der Waals surface area contributed by atoms with Crippen LogP contribution in [0.3, 0.4) is 0 Å². The monoisotopic (exact) mass is 718 g/mol. The Morgan fingerprint density at radius 3 is 2.02 bits per heavy atom. The summed E-state index contributed by atoms with van der Waals surface area (Å²) in [7, 11) is 1.22. The maximum absolute atomic E-state index is 13.6. The van der Waals surface area contributed by atoms with Crippen LogP contribution in [0.2, 0.25) is 0 Å². The first-order valence-electron chi connectivity index (χ1n) is 16.8. The molecule has 0 aromatic heterocycles. The first-order valence-corrected chi connectivity index (χ1v) is 16.8. The second kappa shape index (κ2) is 20.4. The summed E-state index contributed by atoms with van der Waals surface area (Å²) < 4.78 is 4.58. The second-order valence-electron chi connectivity index (χ2n) is 13.0. The molecule has 0 radical (unpaired) electrons. The number of non-ortho nitro benzene ring substituents is 1. The minimum Gasteiger partial charge on any atom is -0.469 e. The van der Waals surface area contributed by atoms with Gasteiger partial charge in [-0.15, -0.1) is 0 Å². The molecule has 0 bridgehead atoms. The maximum atomic E-state index is 13.6. The standard InChI is InChI=1S/C33H50N8O10/c1-19(2)16-24(30(45)34-14-13-28(44)51-6)38-33(48)29(36-22-9-11-23(12-10-22)41(49)50)39-27(43)18-35-31(46)25(17-20(3)4)37-32(47)26-8-7-15-40(26)21(5)42/h9-12,19-20,24-26,29,36H,7-8,13-18H2,1-6H3,(H,34,45)(H,35,46)(H,37,47)(H,38,48)(H,39,43)/t24-,25-,26-,29+/m0/s1. The Balaban J connectivity index is 2.19. The average molecular weight is 719 g/mol. The van der Waals surface area contributed by atoms with E-state index in [2.05, 4.69) is 36.6 Å². The highest BCUT2D eigenvalue weighted by Gasteiger charge is 2.35. The number of rotatable bonds is 19. The first-order chi connectivity index (χ1) is 24.0. The summed E-state index contributed by atoms with van der Waals surface area (Å²) in [6, 6.07) is 2.27. The van der Waals surface area contributed by atoms with Crippen LogP contribution < -0.4 is 31.9 Å². The van der Waals surface area contributed by atoms with Crippen molar-refractivity contribution in [3.63, 3.8) is 0 Å². The maximum Gasteiger partial charge on any atom is 0.307 e. The van der Waals surface area contributed by atoms with E-state index in [4.69, 9.17) is 0 Å². The van der Waals surface area contributed by atoms with E-state index in [9.17, 15) is 43.7 Å². The summed E-state index contributed by atoms with van der Waals surface area (Å²) in [5.74, 6) is -4.18. The van der Waals surface area contributed by atoms with Crippen molar-refractivity contribution in [3.8, 4) is 0 Å². The van der Waals surface area contributed by atoms with Gasteiger partial charge in [0, 0.05) is 37.8 Å². The van der Waals surface area contributed by atoms with E-state index in [0.29, 0.717) is 19.4 Å². The number of esters is 1. The quantitative estimate of drug-likeness (QED) is 0.0492. The number of benzene rings is 1. The van der Waals surface area contributed by atoms with Crippen molar-refractivity contribution in [1.29, 1.82) is 0 Å². The highest BCUT2D eigenvalue weighted by Crippen LogP contribution is 2.19. The number of nitrogens with zero attached hydrogens (tertiary/aromatic N) is 2. The summed E-state index contributed by atoms with van der Waals surface area (Å²) in [5.41, 5.74) is 0.0122. The number of nitro groups is 1. The molecule has 0 unspecified atom stereocenters. The molecule has 2 rings (SSSR count). The Morgan fingerprint density at radius 2 is 1.47 bits per heavy atom. The molecule has 1 aromatic carbocycles. The molecule has 18 nitrogen and oxygen atoms in total. The summed E-state index contributed by atoms with van der Waals surface area (Å²) in [6.45, 7) is 8.56. The number of methoxy groups -OCH3 is 1. The normalized spacial score (nSPS) is 15.6. The number of carbonyl (C=O) groups excluding carboxylic acids is 7. The van der Waals surface area contributed by atoms with Crippen molar-refractivity contribution in [2.75, 3.05) is 32.1 Å². The summed E-state index contributed by atoms with van der Waals surface area (Å²) in [6.07, 6.45) is -0.0346. The smallest absolute Gasteiger partial charge is 0.307 e. The van der Waals surface area contributed by atoms with E-state index in [1.807, 2.05) is 27.7 Å². The van der Waals surface area contributed by atoms with Crippen molar-refractivity contribution in [1.82, 2.24) is 31.5 Å². The van der Waals surface area contributed by atoms with E-state index in [0.717, 1.165) is 0 Å². The largest absolute Gasteiger partial charge is 0.469 e. The molecule has 6 N–H and O–H groups in total. The lowest BCUT2D eigenvalue weighted by atomic mass is 10.0. The van der Waals surface area contributed by atoms with Gasteiger partial charge >= 0.3 is 5.97 Å². The molecular formula is C33H50N8O10. The van der Waals surface area contributed by atoms with Crippen LogP contribution in [0.5, 0.6) is 0 Å². The molecule has 1 heterocycles. The summed E-state index contributed by atoms with van der Waals surface area (Å²) >= 11 is 0. The Hall–Kier alpha value is -5.29. The van der Waals surface area contributed by atoms with E-state index >= 15 is 0 Å². The Labute approximate surface area is 296 Å². The summed E-state index contributed by atoms with van der Waals surface area (Å²) in [4.78, 5) is 101. The number of likely N-dealkylation sites (tertiary alicyclic amines) is 1. The second-order valence-corrected chi connectivity index (χ2v) is 13.0. The number of hydrogen-bond acceptors (Lipinski definition) is 11. The number of anilines is 1. The Bertz CT molecular complexity index is 1420. The Kier molecular flexibility index (Phi) is 16.8. The Morgan fingerprint density at radius 1 is 0.882 bits per heavy atom. The molecule has 1 aromatic rings. The van der Waals surface area contributed by atoms with E-state index in [1.54, 1.807) is 0 Å². The molecule has 1 aliphatic rings. The average Bonchev–Trinajstić information content (AvgIpc) is 3.57. The van der Waals surface area contributed by atoms with E-state index in [1.165, 1.54) is 43.2 Å². The van der Waals surface area contributed by atoms with Gasteiger partial charge in [-0.2, -0.15) is 0 Å². The third-order valence-electron chi connectivity index (χ3n) is 7.88. The van der Waals surface area contributed by atoms with Gasteiger partial charge in [0.25, 0.3) is 11.6 Å². The molecule has 6 amide bonds. The van der Waals surface area contributed by atoms with Gasteiger partial charge < -0.3 is 41.5 Å². The fourth-order valence-corrected chi connectivity index (χ4v) is 5.37. The van der Waals surface area contributed by atoms with Crippen LogP contribution in [0.1, 0.15) is 66.7 Å². The molecule has 0 spiro atoms. The van der Waals surface area contributed by atoms with Crippen LogP contribution >= 0.6 is 0 Å². The van der Waals surface area contributed by atoms with Crippen molar-refractivity contribution >= 4 is 52.8 Å². The first kappa shape index (κ1) is 41.9. The lowest BCUT2D eigenvalue weighted by Gasteiger charge is -2.26. The van der Waals surface area contributed by atoms with Crippen LogP contribution in [0.15, 0.2) is 24.3 Å². The van der Waals surface area contributed by atoms with Gasteiger partial charge in [-0.1, -0.05) is 27.7 Å². The van der Waals surface area contributed by atoms with Crippen LogP contribution in [-0.2, 0) is 38.3 Å². The third-order valence-corrected chi connectivity index (χ3v) is 7.88. The molecular weight excluding hydrogens is 668 g/mol. The van der Waals surface area contributed by atoms with Gasteiger partial charge in [-0.3, -0.25) is 43.7 Å². The van der Waals surface area contributed by atoms with Crippen molar-refractivity contribution in [2.24, 2.45) is 11.8 Å². The van der Waals surface area contributed by atoms with Crippen LogP contribution in [0, 0.1) is 22.0 Å². The van der Waals surface area contributed by atoms with Gasteiger partial charge in [-0.25, -0.2) is 0 Å². The van der Waals surface area contributed by atoms with E-state index < -0.39 is 71.3 Å². The van der Waals surface area contributed by atoms with Gasteiger partial charge in [0.15, 0.2) is 6.17 Å². The fraction of sp³-hybridized carbons (Fsp3) is 0.606. The SMILES string of the molecule is COC(=O)CCNC(=O)[C@H](CC(C)C)NC(=O)[C@@H](NC(=O)CNC(=O)[C@H](CC(C)C)NC(=O)[C@@H]1CCCN1C(C)=O)Nc1ccc([N+](=O)[O-])cc1. The zero-order valence-electron chi connectivity index (χ0n) is 29.9. The lowest BCUT2D eigenvalue weighted by Crippen LogP contribution is -2.58. The minimum atomic E-state index is -1.51. The zero-order valence-corrected chi connectivity index (χ0v) is 29.9. The lowest BCUT2D eigenvalue weighted by molar-refractivity contribution is -0.384. The predicted octanol–water partition coefficient (Wildman–Crippen LogP) is 0.317. The van der Waals surface area contributed by atoms with Crippen LogP contribution in [-0.4, -0.2) is 102 Å². The minimum absolute atomic E-state index is 0.0159. The van der Waals surface area contributed by atoms with Crippen LogP contribution in [0.4, 0.5) is 11.4 Å². The van der Waals surface area contributed by atoms with Gasteiger partial charge in [0.2, 0.25) is 29.5 Å². The van der Waals surface area contributed by atoms with Gasteiger partial charge in [0.1, 0.15) is 18.1 Å². The molecule has 51 heavy (non-hydrogen) atoms. The predicted molar refractivity (Wildman–Crippen MR) is 184 cm³/mol. The van der Waals surface area contributed by atoms with E-state index in [-0.39, 0.29) is 54.9 Å². The van der Waals surface area contributed by atoms with Gasteiger partial charge in [0.05, 0.1) is 25.0 Å². The number of nitro benzene ring substituents is 1. The molecule has 0 aliphatic carbocycles. The molecule has 1 saturated heterocycles. The number of nitrogens with one attached hydrogen (secondary N) is 6. The molecule has 282 valence electrons. The number of ether oxygens (including phenoxy) is 1. The highest BCUT2D eigenvalue weighted by atomic mass is 16.6. The zero-order chi connectivity index (χ0) is 38.2. The molecule has 18 heteroatoms. The molecule has 1 fully saturated rings. The van der Waals surface area contributed by atoms with Crippen molar-refractivity contribution in [2.45, 2.75) is 91.0 Å². The van der Waals surface area contributed by atoms with Crippen molar-refractivity contribution in [3.05, 3.63) is 34.4 Å². The molecule has 4 atom stereocenters. The number of hydrogen-bond donors (Lipinski definition) is 6. The van der Waals surface area contributed by atoms with Crippen molar-refractivity contribution < 1.29 is 43.2 Å². The topological polar surface area (TPSA) is 247 Å². The number of carbonyl (C=O) groups is 7. The number of amides is 6.